The fourth-order valence-electron chi connectivity index (χ4n) is 2.33. The van der Waals surface area contributed by atoms with Crippen molar-refractivity contribution in [1.29, 1.82) is 0 Å². The molecule has 1 aliphatic heterocycles. The van der Waals surface area contributed by atoms with E-state index < -0.39 is 5.97 Å². The van der Waals surface area contributed by atoms with Crippen molar-refractivity contribution < 1.29 is 9.90 Å². The van der Waals surface area contributed by atoms with Crippen LogP contribution in [0.3, 0.4) is 0 Å². The minimum atomic E-state index is -0.952. The standard InChI is InChI=1S/C14H16N4O2/c19-14(20)11-8-16-18(9-11)7-5-12-4-3-10-2-1-6-15-13(10)17-12/h3-4,8-9H,1-2,5-7H2,(H,15,17)(H,19,20). The van der Waals surface area contributed by atoms with E-state index in [2.05, 4.69) is 21.5 Å². The first-order chi connectivity index (χ1) is 9.72. The highest BCUT2D eigenvalue weighted by Gasteiger charge is 2.10. The van der Waals surface area contributed by atoms with E-state index in [1.807, 2.05) is 6.07 Å². The zero-order valence-electron chi connectivity index (χ0n) is 11.0. The van der Waals surface area contributed by atoms with E-state index in [1.165, 1.54) is 11.8 Å². The van der Waals surface area contributed by atoms with E-state index in [4.69, 9.17) is 5.11 Å². The number of fused-ring (bicyclic) bond motifs is 1. The Morgan fingerprint density at radius 3 is 3.15 bits per heavy atom. The summed E-state index contributed by atoms with van der Waals surface area (Å²) in [6.07, 6.45) is 5.87. The van der Waals surface area contributed by atoms with Crippen LogP contribution in [-0.2, 0) is 19.4 Å². The van der Waals surface area contributed by atoms with Crippen molar-refractivity contribution in [3.63, 3.8) is 0 Å². The lowest BCUT2D eigenvalue weighted by Crippen LogP contribution is -2.14. The van der Waals surface area contributed by atoms with Gasteiger partial charge in [0.25, 0.3) is 0 Å². The highest BCUT2D eigenvalue weighted by atomic mass is 16.4. The SMILES string of the molecule is O=C(O)c1cnn(CCc2ccc3c(n2)NCCC3)c1. The summed E-state index contributed by atoms with van der Waals surface area (Å²) < 4.78 is 1.64. The van der Waals surface area contributed by atoms with Gasteiger partial charge in [-0.05, 0) is 24.5 Å². The molecule has 0 bridgehead atoms. The molecule has 0 aliphatic carbocycles. The molecule has 3 heterocycles. The second-order valence-corrected chi connectivity index (χ2v) is 4.89. The summed E-state index contributed by atoms with van der Waals surface area (Å²) in [4.78, 5) is 15.4. The Hall–Kier alpha value is -2.37. The molecule has 20 heavy (non-hydrogen) atoms. The van der Waals surface area contributed by atoms with Crippen molar-refractivity contribution in [3.8, 4) is 0 Å². The summed E-state index contributed by atoms with van der Waals surface area (Å²) in [6, 6.07) is 4.16. The van der Waals surface area contributed by atoms with Gasteiger partial charge in [0.2, 0.25) is 0 Å². The van der Waals surface area contributed by atoms with E-state index in [0.717, 1.165) is 37.3 Å². The summed E-state index contributed by atoms with van der Waals surface area (Å²) in [7, 11) is 0. The van der Waals surface area contributed by atoms with Crippen molar-refractivity contribution in [3.05, 3.63) is 41.3 Å². The Bertz CT molecular complexity index is 636. The maximum Gasteiger partial charge on any atom is 0.338 e. The molecule has 0 radical (unpaired) electrons. The van der Waals surface area contributed by atoms with E-state index in [1.54, 1.807) is 10.9 Å². The molecule has 0 amide bonds. The predicted octanol–water partition coefficient (Wildman–Crippen LogP) is 1.58. The van der Waals surface area contributed by atoms with Gasteiger partial charge >= 0.3 is 5.97 Å². The van der Waals surface area contributed by atoms with Gasteiger partial charge in [0.15, 0.2) is 0 Å². The maximum absolute atomic E-state index is 10.8. The second-order valence-electron chi connectivity index (χ2n) is 4.89. The molecule has 2 N–H and O–H groups in total. The number of carboxylic acids is 1. The molecule has 3 rings (SSSR count). The molecular weight excluding hydrogens is 256 g/mol. The maximum atomic E-state index is 10.8. The van der Waals surface area contributed by atoms with Crippen LogP contribution in [0.25, 0.3) is 0 Å². The Morgan fingerprint density at radius 2 is 2.35 bits per heavy atom. The van der Waals surface area contributed by atoms with Crippen LogP contribution in [0.2, 0.25) is 0 Å². The number of rotatable bonds is 4. The lowest BCUT2D eigenvalue weighted by molar-refractivity contribution is 0.0697. The highest BCUT2D eigenvalue weighted by Crippen LogP contribution is 2.19. The van der Waals surface area contributed by atoms with Crippen LogP contribution in [0.1, 0.15) is 28.0 Å². The fraction of sp³-hybridized carbons (Fsp3) is 0.357. The van der Waals surface area contributed by atoms with Crippen molar-refractivity contribution in [2.24, 2.45) is 0 Å². The van der Waals surface area contributed by atoms with E-state index in [0.29, 0.717) is 6.54 Å². The van der Waals surface area contributed by atoms with E-state index in [9.17, 15) is 4.79 Å². The third-order valence-corrected chi connectivity index (χ3v) is 3.43. The monoisotopic (exact) mass is 272 g/mol. The molecule has 0 atom stereocenters. The molecule has 6 nitrogen and oxygen atoms in total. The van der Waals surface area contributed by atoms with Gasteiger partial charge in [-0.1, -0.05) is 6.07 Å². The van der Waals surface area contributed by atoms with Gasteiger partial charge in [-0.15, -0.1) is 0 Å². The molecule has 2 aromatic rings. The molecular formula is C14H16N4O2. The number of hydrogen-bond acceptors (Lipinski definition) is 4. The molecule has 104 valence electrons. The molecule has 0 fully saturated rings. The van der Waals surface area contributed by atoms with Crippen LogP contribution in [-0.4, -0.2) is 32.4 Å². The predicted molar refractivity (Wildman–Crippen MR) is 73.9 cm³/mol. The molecule has 2 aromatic heterocycles. The number of aromatic carboxylic acids is 1. The molecule has 0 saturated heterocycles. The minimum absolute atomic E-state index is 0.213. The van der Waals surface area contributed by atoms with E-state index in [-0.39, 0.29) is 5.56 Å². The normalized spacial score (nSPS) is 13.6. The van der Waals surface area contributed by atoms with Crippen LogP contribution >= 0.6 is 0 Å². The molecule has 0 saturated carbocycles. The van der Waals surface area contributed by atoms with Crippen LogP contribution in [0, 0.1) is 0 Å². The molecule has 1 aliphatic rings. The van der Waals surface area contributed by atoms with Crippen molar-refractivity contribution >= 4 is 11.8 Å². The number of aryl methyl sites for hydroxylation is 3. The van der Waals surface area contributed by atoms with Gasteiger partial charge in [0, 0.05) is 31.4 Å². The summed E-state index contributed by atoms with van der Waals surface area (Å²) in [6.45, 7) is 1.60. The number of pyridine rings is 1. The van der Waals surface area contributed by atoms with E-state index >= 15 is 0 Å². The topological polar surface area (TPSA) is 80.0 Å². The zero-order valence-corrected chi connectivity index (χ0v) is 11.0. The second kappa shape index (κ2) is 5.32. The van der Waals surface area contributed by atoms with Crippen LogP contribution in [0.15, 0.2) is 24.5 Å². The summed E-state index contributed by atoms with van der Waals surface area (Å²) in [5.74, 6) is 0.0350. The Kier molecular flexibility index (Phi) is 3.37. The van der Waals surface area contributed by atoms with Gasteiger partial charge in [-0.2, -0.15) is 5.10 Å². The number of carbonyl (C=O) groups is 1. The van der Waals surface area contributed by atoms with Gasteiger partial charge in [-0.25, -0.2) is 9.78 Å². The van der Waals surface area contributed by atoms with Crippen LogP contribution in [0.4, 0.5) is 5.82 Å². The molecule has 0 aromatic carbocycles. The summed E-state index contributed by atoms with van der Waals surface area (Å²) in [5.41, 5.74) is 2.47. The van der Waals surface area contributed by atoms with Crippen molar-refractivity contribution in [1.82, 2.24) is 14.8 Å². The lowest BCUT2D eigenvalue weighted by Gasteiger charge is -2.17. The quantitative estimate of drug-likeness (QED) is 0.883. The van der Waals surface area contributed by atoms with Crippen molar-refractivity contribution in [2.45, 2.75) is 25.8 Å². The van der Waals surface area contributed by atoms with Crippen molar-refractivity contribution in [2.75, 3.05) is 11.9 Å². The number of nitrogens with one attached hydrogen (secondary N) is 1. The summed E-state index contributed by atoms with van der Waals surface area (Å²) >= 11 is 0. The number of carboxylic acid groups (broad SMARTS) is 1. The lowest BCUT2D eigenvalue weighted by atomic mass is 10.1. The number of hydrogen-bond donors (Lipinski definition) is 2. The molecule has 0 unspecified atom stereocenters. The zero-order chi connectivity index (χ0) is 13.9. The average molecular weight is 272 g/mol. The minimum Gasteiger partial charge on any atom is -0.478 e. The largest absolute Gasteiger partial charge is 0.478 e. The van der Waals surface area contributed by atoms with Gasteiger partial charge in [0.1, 0.15) is 5.82 Å². The number of anilines is 1. The number of aromatic nitrogens is 3. The first-order valence-corrected chi connectivity index (χ1v) is 6.71. The van der Waals surface area contributed by atoms with Gasteiger partial charge < -0.3 is 10.4 Å². The third kappa shape index (κ3) is 2.64. The first kappa shape index (κ1) is 12.7. The smallest absolute Gasteiger partial charge is 0.338 e. The van der Waals surface area contributed by atoms with Crippen LogP contribution in [0.5, 0.6) is 0 Å². The molecule has 6 heteroatoms. The Morgan fingerprint density at radius 1 is 1.45 bits per heavy atom. The average Bonchev–Trinajstić information content (AvgIpc) is 2.94. The fourth-order valence-corrected chi connectivity index (χ4v) is 2.33. The van der Waals surface area contributed by atoms with Gasteiger partial charge in [0.05, 0.1) is 11.8 Å². The van der Waals surface area contributed by atoms with Gasteiger partial charge in [-0.3, -0.25) is 4.68 Å². The third-order valence-electron chi connectivity index (χ3n) is 3.43. The summed E-state index contributed by atoms with van der Waals surface area (Å²) in [5, 5.41) is 16.2. The highest BCUT2D eigenvalue weighted by molar-refractivity contribution is 5.86. The Balaban J connectivity index is 1.67. The molecule has 0 spiro atoms. The number of nitrogens with zero attached hydrogens (tertiary/aromatic N) is 3. The van der Waals surface area contributed by atoms with Crippen LogP contribution < -0.4 is 5.32 Å². The first-order valence-electron chi connectivity index (χ1n) is 6.71. The Labute approximate surface area is 116 Å².